The van der Waals surface area contributed by atoms with Crippen molar-refractivity contribution in [3.05, 3.63) is 29.3 Å². The molecule has 1 aromatic carbocycles. The first-order valence-corrected chi connectivity index (χ1v) is 10.3. The largest absolute Gasteiger partial charge is 0.379 e. The molecule has 0 aromatic heterocycles. The lowest BCUT2D eigenvalue weighted by molar-refractivity contribution is 0.0377. The molecule has 1 aromatic rings. The molecule has 0 amide bonds. The molecule has 26 heavy (non-hydrogen) atoms. The average molecular weight is 513 g/mol. The van der Waals surface area contributed by atoms with E-state index in [9.17, 15) is 0 Å². The Morgan fingerprint density at radius 2 is 1.96 bits per heavy atom. The minimum absolute atomic E-state index is 0. The molecule has 0 atom stereocenters. The van der Waals surface area contributed by atoms with Crippen LogP contribution in [0.1, 0.15) is 13.3 Å². The number of rotatable bonds is 9. The number of guanidine groups is 1. The van der Waals surface area contributed by atoms with Gasteiger partial charge >= 0.3 is 0 Å². The first-order chi connectivity index (χ1) is 12.3. The lowest BCUT2D eigenvalue weighted by atomic mass is 10.3. The van der Waals surface area contributed by atoms with Crippen LogP contribution in [-0.4, -0.2) is 69.1 Å². The van der Waals surface area contributed by atoms with E-state index in [4.69, 9.17) is 16.3 Å². The molecule has 0 bridgehead atoms. The number of nitrogens with one attached hydrogen (secondary N) is 2. The summed E-state index contributed by atoms with van der Waals surface area (Å²) in [4.78, 5) is 8.35. The molecule has 8 heteroatoms. The van der Waals surface area contributed by atoms with Crippen LogP contribution >= 0.6 is 47.3 Å². The first kappa shape index (κ1) is 23.8. The highest BCUT2D eigenvalue weighted by molar-refractivity contribution is 14.0. The quantitative estimate of drug-likeness (QED) is 0.175. The van der Waals surface area contributed by atoms with Crippen molar-refractivity contribution in [1.29, 1.82) is 0 Å². The third kappa shape index (κ3) is 10.2. The summed E-state index contributed by atoms with van der Waals surface area (Å²) in [7, 11) is 0. The van der Waals surface area contributed by atoms with Crippen LogP contribution in [0.5, 0.6) is 0 Å². The average Bonchev–Trinajstić information content (AvgIpc) is 2.64. The molecule has 0 spiro atoms. The molecule has 0 saturated carbocycles. The topological polar surface area (TPSA) is 48.9 Å². The Kier molecular flexibility index (Phi) is 13.5. The standard InChI is InChI=1S/C18H29ClN4OS.HI/c1-2-20-18(21-8-3-10-23-11-13-24-14-12-23)22-9-15-25-17-6-4-16(19)5-7-17;/h4-7H,2-3,8-15H2,1H3,(H2,20,21,22);1H. The Hall–Kier alpha value is -0.220. The number of benzene rings is 1. The number of morpholine rings is 1. The molecule has 2 N–H and O–H groups in total. The monoisotopic (exact) mass is 512 g/mol. The zero-order valence-electron chi connectivity index (χ0n) is 15.4. The smallest absolute Gasteiger partial charge is 0.191 e. The summed E-state index contributed by atoms with van der Waals surface area (Å²) < 4.78 is 5.37. The fourth-order valence-electron chi connectivity index (χ4n) is 2.52. The van der Waals surface area contributed by atoms with Crippen LogP contribution in [0.2, 0.25) is 5.02 Å². The Morgan fingerprint density at radius 3 is 2.65 bits per heavy atom. The van der Waals surface area contributed by atoms with Crippen molar-refractivity contribution in [1.82, 2.24) is 15.5 Å². The molecule has 0 unspecified atom stereocenters. The third-order valence-electron chi connectivity index (χ3n) is 3.83. The van der Waals surface area contributed by atoms with Gasteiger partial charge in [0.1, 0.15) is 0 Å². The van der Waals surface area contributed by atoms with Crippen molar-refractivity contribution in [2.75, 3.05) is 58.2 Å². The minimum Gasteiger partial charge on any atom is -0.379 e. The van der Waals surface area contributed by atoms with Crippen LogP contribution in [0.4, 0.5) is 0 Å². The van der Waals surface area contributed by atoms with Crippen LogP contribution in [0.15, 0.2) is 34.2 Å². The van der Waals surface area contributed by atoms with Crippen molar-refractivity contribution in [3.8, 4) is 0 Å². The van der Waals surface area contributed by atoms with Gasteiger partial charge in [0.15, 0.2) is 5.96 Å². The van der Waals surface area contributed by atoms with Crippen molar-refractivity contribution in [2.24, 2.45) is 4.99 Å². The zero-order valence-corrected chi connectivity index (χ0v) is 19.3. The maximum absolute atomic E-state index is 5.90. The van der Waals surface area contributed by atoms with E-state index in [1.807, 2.05) is 23.9 Å². The van der Waals surface area contributed by atoms with Gasteiger partial charge in [-0.15, -0.1) is 35.7 Å². The number of hydrogen-bond donors (Lipinski definition) is 2. The summed E-state index contributed by atoms with van der Waals surface area (Å²) in [6.45, 7) is 9.59. The lowest BCUT2D eigenvalue weighted by Gasteiger charge is -2.26. The molecule has 1 fully saturated rings. The van der Waals surface area contributed by atoms with E-state index in [-0.39, 0.29) is 24.0 Å². The number of halogens is 2. The maximum atomic E-state index is 5.90. The predicted molar refractivity (Wildman–Crippen MR) is 123 cm³/mol. The lowest BCUT2D eigenvalue weighted by Crippen LogP contribution is -2.39. The SMILES string of the molecule is CCNC(=NCCCN1CCOCC1)NCCSc1ccc(Cl)cc1.I. The van der Waals surface area contributed by atoms with E-state index in [1.54, 1.807) is 0 Å². The molecule has 0 aliphatic carbocycles. The third-order valence-corrected chi connectivity index (χ3v) is 5.09. The number of hydrogen-bond acceptors (Lipinski definition) is 4. The van der Waals surface area contributed by atoms with E-state index >= 15 is 0 Å². The Morgan fingerprint density at radius 1 is 1.23 bits per heavy atom. The number of thioether (sulfide) groups is 1. The van der Waals surface area contributed by atoms with Gasteiger partial charge in [0.05, 0.1) is 13.2 Å². The van der Waals surface area contributed by atoms with Gasteiger partial charge in [0.25, 0.3) is 0 Å². The maximum Gasteiger partial charge on any atom is 0.191 e. The molecule has 1 heterocycles. The van der Waals surface area contributed by atoms with Gasteiger partial charge in [-0.1, -0.05) is 11.6 Å². The van der Waals surface area contributed by atoms with Gasteiger partial charge in [-0.25, -0.2) is 0 Å². The Labute approximate surface area is 183 Å². The normalized spacial score (nSPS) is 15.4. The Balaban J connectivity index is 0.00000338. The number of ether oxygens (including phenoxy) is 1. The van der Waals surface area contributed by atoms with Crippen molar-refractivity contribution in [3.63, 3.8) is 0 Å². The van der Waals surface area contributed by atoms with Crippen LogP contribution < -0.4 is 10.6 Å². The van der Waals surface area contributed by atoms with Gasteiger partial charge in [0, 0.05) is 54.9 Å². The summed E-state index contributed by atoms with van der Waals surface area (Å²) in [6, 6.07) is 7.96. The second-order valence-electron chi connectivity index (χ2n) is 5.80. The first-order valence-electron chi connectivity index (χ1n) is 8.98. The van der Waals surface area contributed by atoms with Gasteiger partial charge < -0.3 is 15.4 Å². The number of aliphatic imine (C=N–C) groups is 1. The summed E-state index contributed by atoms with van der Waals surface area (Å²) in [5.74, 6) is 1.89. The van der Waals surface area contributed by atoms with Crippen LogP contribution in [-0.2, 0) is 4.74 Å². The highest BCUT2D eigenvalue weighted by atomic mass is 127. The van der Waals surface area contributed by atoms with Crippen LogP contribution in [0, 0.1) is 0 Å². The molecule has 1 saturated heterocycles. The van der Waals surface area contributed by atoms with E-state index in [0.717, 1.165) is 75.6 Å². The van der Waals surface area contributed by atoms with E-state index in [0.29, 0.717) is 0 Å². The molecule has 0 radical (unpaired) electrons. The van der Waals surface area contributed by atoms with E-state index in [2.05, 4.69) is 39.6 Å². The van der Waals surface area contributed by atoms with Gasteiger partial charge in [-0.2, -0.15) is 0 Å². The van der Waals surface area contributed by atoms with Gasteiger partial charge in [0.2, 0.25) is 0 Å². The van der Waals surface area contributed by atoms with Crippen molar-refractivity contribution in [2.45, 2.75) is 18.2 Å². The van der Waals surface area contributed by atoms with E-state index in [1.165, 1.54) is 4.90 Å². The highest BCUT2D eigenvalue weighted by Gasteiger charge is 2.09. The summed E-state index contributed by atoms with van der Waals surface area (Å²) in [5.41, 5.74) is 0. The van der Waals surface area contributed by atoms with Crippen molar-refractivity contribution >= 4 is 53.3 Å². The number of nitrogens with zero attached hydrogens (tertiary/aromatic N) is 2. The molecule has 148 valence electrons. The molecule has 1 aliphatic heterocycles. The molecule has 2 rings (SSSR count). The predicted octanol–water partition coefficient (Wildman–Crippen LogP) is 3.33. The molecule has 5 nitrogen and oxygen atoms in total. The molecular formula is C18H30ClIN4OS. The molecular weight excluding hydrogens is 483 g/mol. The summed E-state index contributed by atoms with van der Waals surface area (Å²) in [5, 5.41) is 7.48. The van der Waals surface area contributed by atoms with Crippen molar-refractivity contribution < 1.29 is 4.74 Å². The molecule has 1 aliphatic rings. The van der Waals surface area contributed by atoms with Gasteiger partial charge in [-0.05, 0) is 37.6 Å². The highest BCUT2D eigenvalue weighted by Crippen LogP contribution is 2.19. The van der Waals surface area contributed by atoms with Crippen LogP contribution in [0.3, 0.4) is 0 Å². The van der Waals surface area contributed by atoms with Gasteiger partial charge in [-0.3, -0.25) is 9.89 Å². The fourth-order valence-corrected chi connectivity index (χ4v) is 3.42. The second kappa shape index (κ2) is 14.8. The second-order valence-corrected chi connectivity index (χ2v) is 7.40. The van der Waals surface area contributed by atoms with E-state index < -0.39 is 0 Å². The zero-order chi connectivity index (χ0) is 17.7. The Bertz CT molecular complexity index is 512. The fraction of sp³-hybridized carbons (Fsp3) is 0.611. The summed E-state index contributed by atoms with van der Waals surface area (Å²) >= 11 is 7.72. The van der Waals surface area contributed by atoms with Crippen LogP contribution in [0.25, 0.3) is 0 Å². The minimum atomic E-state index is 0. The summed E-state index contributed by atoms with van der Waals surface area (Å²) in [6.07, 6.45) is 1.08.